The summed E-state index contributed by atoms with van der Waals surface area (Å²) in [5, 5.41) is 3.38. The zero-order valence-corrected chi connectivity index (χ0v) is 26.1. The highest BCUT2D eigenvalue weighted by Gasteiger charge is 2.49. The van der Waals surface area contributed by atoms with Crippen LogP contribution in [0.3, 0.4) is 0 Å². The zero-order chi connectivity index (χ0) is 31.7. The van der Waals surface area contributed by atoms with E-state index in [1.54, 1.807) is 0 Å². The number of rotatable bonds is 4. The second-order valence-corrected chi connectivity index (χ2v) is 12.6. The monoisotopic (exact) mass is 611 g/mol. The summed E-state index contributed by atoms with van der Waals surface area (Å²) in [5.74, 6) is 0. The normalized spacial score (nSPS) is 13.2. The SMILES string of the molecule is c1ccc(-c2cc3c(c4ncccc24)-c2c(cc(-c4ccccc4)c4c2oc2ccccc24)C3(c2ccccc2)c2ccccc2)cc1. The number of aromatic nitrogens is 1. The fraction of sp³-hybridized carbons (Fsp3) is 0.0217. The van der Waals surface area contributed by atoms with Crippen LogP contribution in [-0.2, 0) is 5.41 Å². The fourth-order valence-corrected chi connectivity index (χ4v) is 8.25. The van der Waals surface area contributed by atoms with Crippen molar-refractivity contribution in [3.63, 3.8) is 0 Å². The molecule has 0 fully saturated rings. The summed E-state index contributed by atoms with van der Waals surface area (Å²) < 4.78 is 7.02. The molecule has 0 amide bonds. The van der Waals surface area contributed by atoms with Gasteiger partial charge in [0, 0.05) is 33.5 Å². The lowest BCUT2D eigenvalue weighted by atomic mass is 9.67. The summed E-state index contributed by atoms with van der Waals surface area (Å²) in [7, 11) is 0. The molecule has 2 nitrogen and oxygen atoms in total. The Morgan fingerprint density at radius 3 is 1.65 bits per heavy atom. The standard InChI is InChI=1S/C46H29NO/c1-5-16-30(17-6-1)36-28-38-42(44-34(36)25-15-27-47-44)43-39(46(38,32-20-9-3-10-21-32)33-22-11-4-12-23-33)29-37(31-18-7-2-8-19-31)41-35-24-13-14-26-40(35)48-45(41)43/h1-29H. The molecule has 0 spiro atoms. The maximum absolute atomic E-state index is 7.02. The number of furan rings is 1. The summed E-state index contributed by atoms with van der Waals surface area (Å²) in [6.07, 6.45) is 1.93. The Bertz CT molecular complexity index is 2600. The number of hydrogen-bond donors (Lipinski definition) is 0. The van der Waals surface area contributed by atoms with Crippen LogP contribution in [0.2, 0.25) is 0 Å². The van der Waals surface area contributed by atoms with Gasteiger partial charge in [0.1, 0.15) is 11.2 Å². The van der Waals surface area contributed by atoms with Crippen LogP contribution in [0.4, 0.5) is 0 Å². The molecule has 224 valence electrons. The van der Waals surface area contributed by atoms with E-state index < -0.39 is 5.41 Å². The molecule has 1 aliphatic rings. The number of benzene rings is 7. The third-order valence-corrected chi connectivity index (χ3v) is 10.2. The molecule has 0 aliphatic heterocycles. The van der Waals surface area contributed by atoms with Crippen molar-refractivity contribution in [2.75, 3.05) is 0 Å². The smallest absolute Gasteiger partial charge is 0.144 e. The minimum Gasteiger partial charge on any atom is -0.455 e. The van der Waals surface area contributed by atoms with Gasteiger partial charge >= 0.3 is 0 Å². The predicted octanol–water partition coefficient (Wildman–Crippen LogP) is 11.8. The summed E-state index contributed by atoms with van der Waals surface area (Å²) in [6.45, 7) is 0. The molecule has 0 atom stereocenters. The van der Waals surface area contributed by atoms with Crippen LogP contribution in [0.1, 0.15) is 22.3 Å². The summed E-state index contributed by atoms with van der Waals surface area (Å²) >= 11 is 0. The van der Waals surface area contributed by atoms with Crippen LogP contribution in [0.5, 0.6) is 0 Å². The van der Waals surface area contributed by atoms with Gasteiger partial charge in [-0.3, -0.25) is 4.98 Å². The summed E-state index contributed by atoms with van der Waals surface area (Å²) in [4.78, 5) is 5.19. The lowest BCUT2D eigenvalue weighted by Gasteiger charge is -2.34. The lowest BCUT2D eigenvalue weighted by Crippen LogP contribution is -2.28. The first-order valence-corrected chi connectivity index (χ1v) is 16.5. The lowest BCUT2D eigenvalue weighted by molar-refractivity contribution is 0.669. The molecule has 0 saturated heterocycles. The molecule has 9 aromatic rings. The van der Waals surface area contributed by atoms with Crippen LogP contribution in [0, 0.1) is 0 Å². The van der Waals surface area contributed by atoms with E-state index >= 15 is 0 Å². The van der Waals surface area contributed by atoms with Crippen molar-refractivity contribution >= 4 is 32.8 Å². The quantitative estimate of drug-likeness (QED) is 0.198. The first kappa shape index (κ1) is 26.9. The van der Waals surface area contributed by atoms with Gasteiger partial charge in [-0.1, -0.05) is 146 Å². The molecule has 0 radical (unpaired) electrons. The number of para-hydroxylation sites is 1. The van der Waals surface area contributed by atoms with E-state index in [0.29, 0.717) is 0 Å². The molecule has 48 heavy (non-hydrogen) atoms. The van der Waals surface area contributed by atoms with Crippen molar-refractivity contribution in [3.8, 4) is 33.4 Å². The molecule has 1 aliphatic carbocycles. The molecule has 2 aromatic heterocycles. The highest BCUT2D eigenvalue weighted by atomic mass is 16.3. The maximum atomic E-state index is 7.02. The maximum Gasteiger partial charge on any atom is 0.144 e. The Kier molecular flexibility index (Phi) is 5.82. The van der Waals surface area contributed by atoms with Gasteiger partial charge < -0.3 is 4.42 Å². The van der Waals surface area contributed by atoms with E-state index in [1.807, 2.05) is 12.3 Å². The molecule has 2 heteroatoms. The van der Waals surface area contributed by atoms with Crippen LogP contribution in [0.25, 0.3) is 66.2 Å². The van der Waals surface area contributed by atoms with Crippen molar-refractivity contribution in [1.29, 1.82) is 0 Å². The first-order valence-electron chi connectivity index (χ1n) is 16.5. The van der Waals surface area contributed by atoms with Gasteiger partial charge in [0.25, 0.3) is 0 Å². The first-order chi connectivity index (χ1) is 23.8. The fourth-order valence-electron chi connectivity index (χ4n) is 8.25. The van der Waals surface area contributed by atoms with Gasteiger partial charge in [-0.05, 0) is 68.8 Å². The van der Waals surface area contributed by atoms with Gasteiger partial charge in [-0.25, -0.2) is 0 Å². The number of hydrogen-bond acceptors (Lipinski definition) is 2. The molecule has 0 N–H and O–H groups in total. The topological polar surface area (TPSA) is 26.0 Å². The number of fused-ring (bicyclic) bond motifs is 9. The van der Waals surface area contributed by atoms with Crippen molar-refractivity contribution in [2.45, 2.75) is 5.41 Å². The molecular formula is C46H29NO. The Morgan fingerprint density at radius 2 is 0.979 bits per heavy atom. The third-order valence-electron chi connectivity index (χ3n) is 10.2. The highest BCUT2D eigenvalue weighted by molar-refractivity contribution is 6.21. The third kappa shape index (κ3) is 3.66. The summed E-state index contributed by atoms with van der Waals surface area (Å²) in [5.41, 5.74) is 13.9. The molecule has 0 bridgehead atoms. The van der Waals surface area contributed by atoms with E-state index in [9.17, 15) is 0 Å². The van der Waals surface area contributed by atoms with Crippen LogP contribution in [0.15, 0.2) is 180 Å². The van der Waals surface area contributed by atoms with Gasteiger partial charge in [-0.2, -0.15) is 0 Å². The van der Waals surface area contributed by atoms with E-state index in [0.717, 1.165) is 49.5 Å². The minimum atomic E-state index is -0.640. The van der Waals surface area contributed by atoms with Crippen molar-refractivity contribution < 1.29 is 4.42 Å². The highest BCUT2D eigenvalue weighted by Crippen LogP contribution is 2.62. The van der Waals surface area contributed by atoms with Crippen LogP contribution < -0.4 is 0 Å². The average Bonchev–Trinajstić information content (AvgIpc) is 3.70. The van der Waals surface area contributed by atoms with Crippen molar-refractivity contribution in [2.24, 2.45) is 0 Å². The Hall–Kier alpha value is -6.25. The Labute approximate surface area is 278 Å². The van der Waals surface area contributed by atoms with Crippen LogP contribution >= 0.6 is 0 Å². The van der Waals surface area contributed by atoms with E-state index in [1.165, 1.54) is 38.9 Å². The van der Waals surface area contributed by atoms with E-state index in [2.05, 4.69) is 164 Å². The molecule has 0 saturated carbocycles. The van der Waals surface area contributed by atoms with Crippen molar-refractivity contribution in [3.05, 3.63) is 198 Å². The molecular weight excluding hydrogens is 583 g/mol. The van der Waals surface area contributed by atoms with Gasteiger partial charge in [0.05, 0.1) is 10.9 Å². The average molecular weight is 612 g/mol. The Balaban J connectivity index is 1.49. The molecule has 7 aromatic carbocycles. The minimum absolute atomic E-state index is 0.640. The second-order valence-electron chi connectivity index (χ2n) is 12.6. The largest absolute Gasteiger partial charge is 0.455 e. The number of pyridine rings is 1. The van der Waals surface area contributed by atoms with Crippen LogP contribution in [-0.4, -0.2) is 4.98 Å². The van der Waals surface area contributed by atoms with Gasteiger partial charge in [0.2, 0.25) is 0 Å². The van der Waals surface area contributed by atoms with E-state index in [4.69, 9.17) is 9.40 Å². The van der Waals surface area contributed by atoms with E-state index in [-0.39, 0.29) is 0 Å². The molecule has 0 unspecified atom stereocenters. The second kappa shape index (κ2) is 10.4. The summed E-state index contributed by atoms with van der Waals surface area (Å²) in [6, 6.07) is 61.0. The predicted molar refractivity (Wildman–Crippen MR) is 197 cm³/mol. The molecule has 2 heterocycles. The zero-order valence-electron chi connectivity index (χ0n) is 26.1. The number of nitrogens with zero attached hydrogens (tertiary/aromatic N) is 1. The Morgan fingerprint density at radius 1 is 0.458 bits per heavy atom. The van der Waals surface area contributed by atoms with Gasteiger partial charge in [0.15, 0.2) is 0 Å². The van der Waals surface area contributed by atoms with Gasteiger partial charge in [-0.15, -0.1) is 0 Å². The molecule has 10 rings (SSSR count). The van der Waals surface area contributed by atoms with Crippen molar-refractivity contribution in [1.82, 2.24) is 4.98 Å².